The molecule has 0 aromatic heterocycles. The molecule has 1 saturated carbocycles. The monoisotopic (exact) mass is 130 g/mol. The Balaban J connectivity index is 2.39. The highest BCUT2D eigenvalue weighted by Gasteiger charge is 2.24. The van der Waals surface area contributed by atoms with Crippen LogP contribution in [-0.2, 0) is 0 Å². The summed E-state index contributed by atoms with van der Waals surface area (Å²) in [5, 5.41) is 0. The molecule has 0 aliphatic heterocycles. The highest BCUT2D eigenvalue weighted by Crippen LogP contribution is 2.35. The van der Waals surface area contributed by atoms with Gasteiger partial charge in [-0.1, -0.05) is 13.8 Å². The molecule has 8 heavy (non-hydrogen) atoms. The van der Waals surface area contributed by atoms with Crippen molar-refractivity contribution in [3.05, 3.63) is 0 Å². The van der Waals surface area contributed by atoms with Gasteiger partial charge in [0.05, 0.1) is 0 Å². The van der Waals surface area contributed by atoms with Crippen LogP contribution in [0.3, 0.4) is 0 Å². The highest BCUT2D eigenvalue weighted by atomic mass is 31.0. The Morgan fingerprint density at radius 1 is 1.25 bits per heavy atom. The van der Waals surface area contributed by atoms with E-state index in [1.165, 1.54) is 12.8 Å². The zero-order valence-electron chi connectivity index (χ0n) is 5.72. The summed E-state index contributed by atoms with van der Waals surface area (Å²) < 4.78 is 0. The van der Waals surface area contributed by atoms with Crippen molar-refractivity contribution in [1.82, 2.24) is 0 Å². The third-order valence-corrected chi connectivity index (χ3v) is 3.11. The summed E-state index contributed by atoms with van der Waals surface area (Å²) in [7, 11) is 2.94. The summed E-state index contributed by atoms with van der Waals surface area (Å²) in [5.41, 5.74) is 0.907. The molecule has 4 atom stereocenters. The minimum atomic E-state index is 0.907. The molecule has 0 spiro atoms. The van der Waals surface area contributed by atoms with E-state index in [4.69, 9.17) is 0 Å². The van der Waals surface area contributed by atoms with Gasteiger partial charge in [-0.15, -0.1) is 9.24 Å². The van der Waals surface area contributed by atoms with Crippen molar-refractivity contribution in [2.24, 2.45) is 11.8 Å². The largest absolute Gasteiger partial charge is 0.134 e. The standard InChI is InChI=1S/C7H15P/c1-5-3-6(2)7(8)4-5/h5-7H,3-4,8H2,1-2H3. The quantitative estimate of drug-likeness (QED) is 0.441. The molecule has 0 radical (unpaired) electrons. The smallest absolute Gasteiger partial charge is 0.0236 e. The Morgan fingerprint density at radius 2 is 1.88 bits per heavy atom. The number of hydrogen-bond donors (Lipinski definition) is 0. The zero-order valence-corrected chi connectivity index (χ0v) is 6.88. The first-order valence-corrected chi connectivity index (χ1v) is 4.12. The van der Waals surface area contributed by atoms with E-state index in [-0.39, 0.29) is 0 Å². The minimum Gasteiger partial charge on any atom is -0.134 e. The van der Waals surface area contributed by atoms with Crippen molar-refractivity contribution in [2.75, 3.05) is 0 Å². The van der Waals surface area contributed by atoms with Crippen molar-refractivity contribution in [1.29, 1.82) is 0 Å². The van der Waals surface area contributed by atoms with Gasteiger partial charge in [0, 0.05) is 0 Å². The van der Waals surface area contributed by atoms with Gasteiger partial charge in [0.1, 0.15) is 0 Å². The fourth-order valence-electron chi connectivity index (χ4n) is 1.60. The summed E-state index contributed by atoms with van der Waals surface area (Å²) in [4.78, 5) is 0. The van der Waals surface area contributed by atoms with E-state index in [1.54, 1.807) is 0 Å². The van der Waals surface area contributed by atoms with Gasteiger partial charge in [0.25, 0.3) is 0 Å². The van der Waals surface area contributed by atoms with Gasteiger partial charge >= 0.3 is 0 Å². The van der Waals surface area contributed by atoms with Crippen LogP contribution in [0.15, 0.2) is 0 Å². The predicted octanol–water partition coefficient (Wildman–Crippen LogP) is 2.30. The van der Waals surface area contributed by atoms with Crippen LogP contribution < -0.4 is 0 Å². The van der Waals surface area contributed by atoms with Crippen molar-refractivity contribution in [3.63, 3.8) is 0 Å². The normalized spacial score (nSPS) is 47.6. The maximum atomic E-state index is 2.94. The van der Waals surface area contributed by atoms with Gasteiger partial charge in [0.2, 0.25) is 0 Å². The average Bonchev–Trinajstić information content (AvgIpc) is 1.85. The predicted molar refractivity (Wildman–Crippen MR) is 41.1 cm³/mol. The maximum absolute atomic E-state index is 2.94. The van der Waals surface area contributed by atoms with Crippen molar-refractivity contribution in [2.45, 2.75) is 32.3 Å². The summed E-state index contributed by atoms with van der Waals surface area (Å²) in [6.07, 6.45) is 2.86. The van der Waals surface area contributed by atoms with E-state index in [0.29, 0.717) is 0 Å². The SMILES string of the molecule is CC1CC(C)C(P)C1. The van der Waals surface area contributed by atoms with Crippen LogP contribution in [0.4, 0.5) is 0 Å². The Morgan fingerprint density at radius 3 is 2.00 bits per heavy atom. The van der Waals surface area contributed by atoms with Gasteiger partial charge in [0.15, 0.2) is 0 Å². The maximum Gasteiger partial charge on any atom is -0.0236 e. The summed E-state index contributed by atoms with van der Waals surface area (Å²) in [6, 6.07) is 0. The summed E-state index contributed by atoms with van der Waals surface area (Å²) >= 11 is 0. The second kappa shape index (κ2) is 2.35. The van der Waals surface area contributed by atoms with E-state index in [0.717, 1.165) is 17.5 Å². The molecule has 0 bridgehead atoms. The minimum absolute atomic E-state index is 0.907. The molecule has 0 nitrogen and oxygen atoms in total. The van der Waals surface area contributed by atoms with Crippen LogP contribution >= 0.6 is 9.24 Å². The van der Waals surface area contributed by atoms with E-state index < -0.39 is 0 Å². The van der Waals surface area contributed by atoms with E-state index in [9.17, 15) is 0 Å². The highest BCUT2D eigenvalue weighted by molar-refractivity contribution is 7.17. The van der Waals surface area contributed by atoms with Crippen molar-refractivity contribution < 1.29 is 0 Å². The molecule has 1 aliphatic carbocycles. The molecule has 1 rings (SSSR count). The molecule has 1 heteroatoms. The Kier molecular flexibility index (Phi) is 1.92. The van der Waals surface area contributed by atoms with Crippen LogP contribution in [0.2, 0.25) is 0 Å². The summed E-state index contributed by atoms with van der Waals surface area (Å²) in [6.45, 7) is 4.70. The molecule has 0 N–H and O–H groups in total. The Labute approximate surface area is 54.3 Å². The van der Waals surface area contributed by atoms with Crippen LogP contribution in [0, 0.1) is 11.8 Å². The first kappa shape index (κ1) is 6.55. The first-order valence-electron chi connectivity index (χ1n) is 3.45. The van der Waals surface area contributed by atoms with Crippen molar-refractivity contribution in [3.8, 4) is 0 Å². The third-order valence-electron chi connectivity index (χ3n) is 2.18. The van der Waals surface area contributed by atoms with Crippen LogP contribution in [0.1, 0.15) is 26.7 Å². The van der Waals surface area contributed by atoms with Gasteiger partial charge in [-0.2, -0.15) is 0 Å². The van der Waals surface area contributed by atoms with Gasteiger partial charge in [-0.05, 0) is 30.3 Å². The molecule has 0 amide bonds. The number of hydrogen-bond acceptors (Lipinski definition) is 0. The third kappa shape index (κ3) is 1.23. The molecule has 1 aliphatic rings. The van der Waals surface area contributed by atoms with E-state index in [1.807, 2.05) is 0 Å². The molecule has 48 valence electrons. The first-order chi connectivity index (χ1) is 3.70. The molecule has 1 fully saturated rings. The van der Waals surface area contributed by atoms with Crippen LogP contribution in [0.5, 0.6) is 0 Å². The lowest BCUT2D eigenvalue weighted by molar-refractivity contribution is 0.557. The molecule has 0 aromatic rings. The molecule has 0 saturated heterocycles. The zero-order chi connectivity index (χ0) is 6.15. The average molecular weight is 130 g/mol. The molecule has 0 heterocycles. The number of rotatable bonds is 0. The summed E-state index contributed by atoms with van der Waals surface area (Å²) in [5.74, 6) is 1.93. The van der Waals surface area contributed by atoms with E-state index in [2.05, 4.69) is 23.1 Å². The lowest BCUT2D eigenvalue weighted by Gasteiger charge is -2.04. The second-order valence-corrected chi connectivity index (χ2v) is 4.07. The lowest BCUT2D eigenvalue weighted by Crippen LogP contribution is -1.98. The van der Waals surface area contributed by atoms with Gasteiger partial charge in [-0.3, -0.25) is 0 Å². The van der Waals surface area contributed by atoms with Gasteiger partial charge < -0.3 is 0 Å². The van der Waals surface area contributed by atoms with Crippen molar-refractivity contribution >= 4 is 9.24 Å². The molecular formula is C7H15P. The lowest BCUT2D eigenvalue weighted by atomic mass is 10.1. The molecular weight excluding hydrogens is 115 g/mol. The topological polar surface area (TPSA) is 0 Å². The Hall–Kier alpha value is 0.430. The molecule has 4 unspecified atom stereocenters. The second-order valence-electron chi connectivity index (χ2n) is 3.22. The molecule has 0 aromatic carbocycles. The van der Waals surface area contributed by atoms with Crippen LogP contribution in [-0.4, -0.2) is 5.66 Å². The fourth-order valence-corrected chi connectivity index (χ4v) is 2.22. The Bertz CT molecular complexity index is 70.5. The fraction of sp³-hybridized carbons (Fsp3) is 1.00. The van der Waals surface area contributed by atoms with Gasteiger partial charge in [-0.25, -0.2) is 0 Å². The van der Waals surface area contributed by atoms with E-state index >= 15 is 0 Å². The van der Waals surface area contributed by atoms with Crippen LogP contribution in [0.25, 0.3) is 0 Å².